The SMILES string of the molecule is C[N+](=CC1CN(C(=O)C2CCN(C(=O)C3CC(F)(F)C3)CC2)CC1c1ccc(Cl)cc1)C(=O)Oc1ccc(F)cc1. The minimum atomic E-state index is -2.75. The first-order chi connectivity index (χ1) is 19.5. The molecule has 0 aromatic heterocycles. The van der Waals surface area contributed by atoms with E-state index in [0.29, 0.717) is 44.0 Å². The Morgan fingerprint density at radius 1 is 0.927 bits per heavy atom. The van der Waals surface area contributed by atoms with E-state index < -0.39 is 36.6 Å². The van der Waals surface area contributed by atoms with Crippen LogP contribution in [0.5, 0.6) is 5.75 Å². The summed E-state index contributed by atoms with van der Waals surface area (Å²) < 4.78 is 46.3. The largest absolute Gasteiger partial charge is 0.601 e. The van der Waals surface area contributed by atoms with Crippen LogP contribution in [-0.4, -0.2) is 77.6 Å². The van der Waals surface area contributed by atoms with Crippen LogP contribution in [-0.2, 0) is 9.59 Å². The fraction of sp³-hybridized carbons (Fsp3) is 0.467. The molecule has 0 N–H and O–H groups in total. The molecule has 2 aliphatic heterocycles. The Morgan fingerprint density at radius 2 is 1.54 bits per heavy atom. The number of amides is 3. The molecule has 41 heavy (non-hydrogen) atoms. The van der Waals surface area contributed by atoms with Crippen LogP contribution in [0, 0.1) is 23.6 Å². The fourth-order valence-corrected chi connectivity index (χ4v) is 6.07. The Balaban J connectivity index is 1.25. The molecule has 2 aromatic rings. The molecule has 2 saturated heterocycles. The summed E-state index contributed by atoms with van der Waals surface area (Å²) in [5.74, 6) is -4.42. The van der Waals surface area contributed by atoms with Gasteiger partial charge in [-0.15, -0.1) is 4.58 Å². The second kappa shape index (κ2) is 11.8. The summed E-state index contributed by atoms with van der Waals surface area (Å²) in [6.45, 7) is 1.58. The number of likely N-dealkylation sites (tertiary alicyclic amines) is 2. The van der Waals surface area contributed by atoms with Gasteiger partial charge in [-0.05, 0) is 54.8 Å². The van der Waals surface area contributed by atoms with Crippen molar-refractivity contribution >= 4 is 35.7 Å². The minimum Gasteiger partial charge on any atom is -0.373 e. The van der Waals surface area contributed by atoms with E-state index in [-0.39, 0.29) is 35.3 Å². The van der Waals surface area contributed by atoms with Gasteiger partial charge in [0.05, 0.1) is 5.92 Å². The van der Waals surface area contributed by atoms with Crippen molar-refractivity contribution in [2.24, 2.45) is 17.8 Å². The van der Waals surface area contributed by atoms with Crippen molar-refractivity contribution < 1.29 is 36.9 Å². The number of benzene rings is 2. The van der Waals surface area contributed by atoms with Gasteiger partial charge >= 0.3 is 6.09 Å². The summed E-state index contributed by atoms with van der Waals surface area (Å²) in [4.78, 5) is 42.3. The van der Waals surface area contributed by atoms with Crippen LogP contribution in [0.15, 0.2) is 48.5 Å². The standard InChI is InChI=1S/C30H32ClF3N3O4/c1-35(29(40)41-25-8-6-24(32)7-9-25)16-22-17-37(18-26(22)19-2-4-23(31)5-3-19)27(38)20-10-12-36(13-11-20)28(39)21-14-30(33,34)15-21/h2-9,16,20-22,26H,10-15,17-18H2,1H3/q+1. The fourth-order valence-electron chi connectivity index (χ4n) is 5.95. The number of carbonyl (C=O) groups excluding carboxylic acids is 3. The van der Waals surface area contributed by atoms with Crippen LogP contribution in [0.1, 0.15) is 37.2 Å². The molecule has 2 aromatic carbocycles. The van der Waals surface area contributed by atoms with Crippen molar-refractivity contribution in [2.75, 3.05) is 33.2 Å². The van der Waals surface area contributed by atoms with E-state index in [2.05, 4.69) is 0 Å². The lowest BCUT2D eigenvalue weighted by atomic mass is 9.80. The van der Waals surface area contributed by atoms with Crippen molar-refractivity contribution in [1.29, 1.82) is 0 Å². The highest BCUT2D eigenvalue weighted by Crippen LogP contribution is 2.43. The zero-order valence-electron chi connectivity index (χ0n) is 22.6. The first kappa shape index (κ1) is 29.1. The zero-order chi connectivity index (χ0) is 29.3. The topological polar surface area (TPSA) is 69.9 Å². The van der Waals surface area contributed by atoms with Gasteiger partial charge < -0.3 is 14.5 Å². The molecular weight excluding hydrogens is 559 g/mol. The lowest BCUT2D eigenvalue weighted by molar-refractivity contribution is -0.405. The number of carbonyl (C=O) groups is 3. The molecular formula is C30H32ClF3N3O4+. The average molecular weight is 591 g/mol. The van der Waals surface area contributed by atoms with Crippen molar-refractivity contribution in [2.45, 2.75) is 37.5 Å². The number of halogens is 4. The molecule has 1 saturated carbocycles. The zero-order valence-corrected chi connectivity index (χ0v) is 23.4. The maximum absolute atomic E-state index is 13.6. The molecule has 0 spiro atoms. The van der Waals surface area contributed by atoms with Crippen LogP contribution < -0.4 is 4.74 Å². The Labute approximate surface area is 241 Å². The third-order valence-electron chi connectivity index (χ3n) is 8.29. The van der Waals surface area contributed by atoms with E-state index in [1.807, 2.05) is 12.1 Å². The van der Waals surface area contributed by atoms with Crippen LogP contribution in [0.2, 0.25) is 5.02 Å². The van der Waals surface area contributed by atoms with Crippen LogP contribution in [0.25, 0.3) is 0 Å². The molecule has 1 aliphatic carbocycles. The molecule has 3 amide bonds. The van der Waals surface area contributed by atoms with Gasteiger partial charge in [0.2, 0.25) is 17.7 Å². The molecule has 2 unspecified atom stereocenters. The second-order valence-electron chi connectivity index (χ2n) is 11.2. The van der Waals surface area contributed by atoms with E-state index in [4.69, 9.17) is 16.3 Å². The Hall–Kier alpha value is -3.40. The Morgan fingerprint density at radius 3 is 2.15 bits per heavy atom. The quantitative estimate of drug-likeness (QED) is 0.354. The Bertz CT molecular complexity index is 1320. The van der Waals surface area contributed by atoms with Gasteiger partial charge in [0.1, 0.15) is 18.6 Å². The summed E-state index contributed by atoms with van der Waals surface area (Å²) in [6.07, 6.45) is 1.27. The number of piperidine rings is 1. The molecule has 3 fully saturated rings. The minimum absolute atomic E-state index is 0.0151. The Kier molecular flexibility index (Phi) is 8.40. The summed E-state index contributed by atoms with van der Waals surface area (Å²) in [7, 11) is 1.57. The maximum Gasteiger partial charge on any atom is 0.601 e. The molecule has 2 heterocycles. The first-order valence-corrected chi connectivity index (χ1v) is 14.1. The summed E-state index contributed by atoms with van der Waals surface area (Å²) in [5, 5.41) is 0.590. The third-order valence-corrected chi connectivity index (χ3v) is 8.54. The second-order valence-corrected chi connectivity index (χ2v) is 11.6. The molecule has 11 heteroatoms. The highest BCUT2D eigenvalue weighted by atomic mass is 35.5. The monoisotopic (exact) mass is 590 g/mol. The van der Waals surface area contributed by atoms with Gasteiger partial charge in [0.25, 0.3) is 0 Å². The van der Waals surface area contributed by atoms with Gasteiger partial charge in [-0.1, -0.05) is 23.7 Å². The summed E-state index contributed by atoms with van der Waals surface area (Å²) in [6, 6.07) is 12.5. The van der Waals surface area contributed by atoms with Gasteiger partial charge in [-0.2, -0.15) is 4.79 Å². The smallest absolute Gasteiger partial charge is 0.373 e. The molecule has 218 valence electrons. The number of rotatable bonds is 5. The number of hydrogen-bond acceptors (Lipinski definition) is 4. The molecule has 7 nitrogen and oxygen atoms in total. The van der Waals surface area contributed by atoms with Crippen molar-refractivity contribution in [1.82, 2.24) is 9.80 Å². The van der Waals surface area contributed by atoms with Crippen LogP contribution in [0.3, 0.4) is 0 Å². The highest BCUT2D eigenvalue weighted by molar-refractivity contribution is 6.30. The predicted octanol–water partition coefficient (Wildman–Crippen LogP) is 5.22. The molecule has 0 radical (unpaired) electrons. The van der Waals surface area contributed by atoms with E-state index in [1.165, 1.54) is 28.8 Å². The van der Waals surface area contributed by atoms with Crippen molar-refractivity contribution in [3.05, 3.63) is 64.9 Å². The van der Waals surface area contributed by atoms with E-state index in [0.717, 1.165) is 5.56 Å². The maximum atomic E-state index is 13.6. The summed E-state index contributed by atoms with van der Waals surface area (Å²) >= 11 is 6.10. The van der Waals surface area contributed by atoms with Gasteiger partial charge in [0.15, 0.2) is 6.21 Å². The number of hydrogen-bond donors (Lipinski definition) is 0. The lowest BCUT2D eigenvalue weighted by Crippen LogP contribution is -2.50. The van der Waals surface area contributed by atoms with Gasteiger partial charge in [-0.3, -0.25) is 9.59 Å². The lowest BCUT2D eigenvalue weighted by Gasteiger charge is -2.40. The van der Waals surface area contributed by atoms with Crippen molar-refractivity contribution in [3.63, 3.8) is 0 Å². The predicted molar refractivity (Wildman–Crippen MR) is 146 cm³/mol. The van der Waals surface area contributed by atoms with E-state index in [9.17, 15) is 27.6 Å². The first-order valence-electron chi connectivity index (χ1n) is 13.7. The molecule has 0 bridgehead atoms. The van der Waals surface area contributed by atoms with E-state index >= 15 is 0 Å². The van der Waals surface area contributed by atoms with Crippen molar-refractivity contribution in [3.8, 4) is 5.75 Å². The third kappa shape index (κ3) is 6.74. The molecule has 5 rings (SSSR count). The number of ether oxygens (including phenoxy) is 1. The number of alkyl halides is 2. The van der Waals surface area contributed by atoms with Gasteiger partial charge in [-0.25, -0.2) is 13.2 Å². The summed E-state index contributed by atoms with van der Waals surface area (Å²) in [5.41, 5.74) is 0.976. The number of nitrogens with zero attached hydrogens (tertiary/aromatic N) is 3. The van der Waals surface area contributed by atoms with Crippen LogP contribution in [0.4, 0.5) is 18.0 Å². The molecule has 2 atom stereocenters. The normalized spacial score (nSPS) is 23.3. The van der Waals surface area contributed by atoms with E-state index in [1.54, 1.807) is 35.2 Å². The van der Waals surface area contributed by atoms with Gasteiger partial charge in [0, 0.05) is 61.8 Å². The average Bonchev–Trinajstić information content (AvgIpc) is 3.36. The van der Waals surface area contributed by atoms with Crippen LogP contribution >= 0.6 is 11.6 Å². The highest BCUT2D eigenvalue weighted by Gasteiger charge is 2.50. The molecule has 3 aliphatic rings.